The number of carbonyl (C=O) groups excluding carboxylic acids is 1. The Morgan fingerprint density at radius 2 is 2.00 bits per heavy atom. The van der Waals surface area contributed by atoms with Crippen molar-refractivity contribution in [3.63, 3.8) is 0 Å². The molecule has 12 heteroatoms. The molecule has 0 saturated carbocycles. The van der Waals surface area contributed by atoms with Crippen molar-refractivity contribution in [2.24, 2.45) is 13.0 Å². The molecule has 5 heterocycles. The largest absolute Gasteiger partial charge is 0.416 e. The standard InChI is InChI=1S/C28H32F3N7O2/c1-17-4-3-5-37(11-17)12-18-6-20-21(22(7-18)28(29,30)31)13-38(26(20)39)24-9-19(8-23(32)34-24)27(14-40-15-27)10-25-35-33-16-36(25)2/h6-9,16-17H,3-5,10-15H2,1-2H3,(H2,32,34)/t17-/m0/s1. The number of likely N-dealkylation sites (tertiary alicyclic amines) is 1. The van der Waals surface area contributed by atoms with Crippen LogP contribution in [0.25, 0.3) is 0 Å². The van der Waals surface area contributed by atoms with Gasteiger partial charge in [0.25, 0.3) is 5.91 Å². The number of fused-ring (bicyclic) bond motifs is 1. The molecule has 3 aliphatic rings. The fourth-order valence-corrected chi connectivity index (χ4v) is 6.16. The summed E-state index contributed by atoms with van der Waals surface area (Å²) in [6.45, 7) is 4.78. The lowest BCUT2D eigenvalue weighted by molar-refractivity contribution is -0.138. The van der Waals surface area contributed by atoms with Gasteiger partial charge in [-0.25, -0.2) is 4.98 Å². The molecule has 2 saturated heterocycles. The van der Waals surface area contributed by atoms with Gasteiger partial charge < -0.3 is 15.0 Å². The number of anilines is 2. The summed E-state index contributed by atoms with van der Waals surface area (Å²) in [6.07, 6.45) is -0.325. The second-order valence-corrected chi connectivity index (χ2v) is 11.5. The first-order valence-corrected chi connectivity index (χ1v) is 13.5. The number of benzene rings is 1. The lowest BCUT2D eigenvalue weighted by Gasteiger charge is -2.42. The third-order valence-electron chi connectivity index (χ3n) is 8.33. The van der Waals surface area contributed by atoms with E-state index in [1.807, 2.05) is 11.6 Å². The van der Waals surface area contributed by atoms with Gasteiger partial charge >= 0.3 is 6.18 Å². The van der Waals surface area contributed by atoms with Crippen molar-refractivity contribution in [2.75, 3.05) is 36.9 Å². The second kappa shape index (κ2) is 9.84. The highest BCUT2D eigenvalue weighted by atomic mass is 19.4. The Morgan fingerprint density at radius 1 is 1.20 bits per heavy atom. The minimum atomic E-state index is -4.59. The number of nitrogens with two attached hydrogens (primary N) is 1. The van der Waals surface area contributed by atoms with Crippen molar-refractivity contribution in [3.05, 3.63) is 64.2 Å². The molecule has 3 aromatic rings. The highest BCUT2D eigenvalue weighted by molar-refractivity contribution is 6.10. The van der Waals surface area contributed by atoms with Gasteiger partial charge in [-0.05, 0) is 66.3 Å². The number of hydrogen-bond donors (Lipinski definition) is 1. The highest BCUT2D eigenvalue weighted by Gasteiger charge is 2.44. The SMILES string of the molecule is C[C@H]1CCCN(Cc2cc3c(c(C(F)(F)F)c2)CN(c2cc(C4(Cc5nncn5C)COC4)cc(N)n2)C3=O)C1. The topological polar surface area (TPSA) is 102 Å². The highest BCUT2D eigenvalue weighted by Crippen LogP contribution is 2.42. The molecule has 2 aromatic heterocycles. The van der Waals surface area contributed by atoms with Gasteiger partial charge in [0.05, 0.1) is 25.3 Å². The van der Waals surface area contributed by atoms with Crippen LogP contribution < -0.4 is 10.6 Å². The van der Waals surface area contributed by atoms with E-state index in [0.717, 1.165) is 37.3 Å². The van der Waals surface area contributed by atoms with Gasteiger partial charge in [0.15, 0.2) is 0 Å². The lowest BCUT2D eigenvalue weighted by atomic mass is 9.75. The number of halogens is 3. The van der Waals surface area contributed by atoms with E-state index in [-0.39, 0.29) is 29.3 Å². The lowest BCUT2D eigenvalue weighted by Crippen LogP contribution is -2.49. The zero-order valence-electron chi connectivity index (χ0n) is 22.5. The van der Waals surface area contributed by atoms with Crippen LogP contribution in [0.3, 0.4) is 0 Å². The maximum Gasteiger partial charge on any atom is 0.416 e. The molecule has 0 radical (unpaired) electrons. The van der Waals surface area contributed by atoms with E-state index in [1.165, 1.54) is 11.0 Å². The first kappa shape index (κ1) is 26.7. The molecule has 0 aliphatic carbocycles. The number of pyridine rings is 1. The average molecular weight is 556 g/mol. The summed E-state index contributed by atoms with van der Waals surface area (Å²) in [7, 11) is 1.85. The minimum absolute atomic E-state index is 0.0280. The number of hydrogen-bond acceptors (Lipinski definition) is 7. The summed E-state index contributed by atoms with van der Waals surface area (Å²) in [5.41, 5.74) is 6.29. The Hall–Kier alpha value is -3.51. The number of rotatable bonds is 6. The number of aromatic nitrogens is 4. The van der Waals surface area contributed by atoms with Crippen molar-refractivity contribution >= 4 is 17.5 Å². The molecule has 0 unspecified atom stereocenters. The van der Waals surface area contributed by atoms with Crippen molar-refractivity contribution < 1.29 is 22.7 Å². The number of ether oxygens (including phenoxy) is 1. The summed E-state index contributed by atoms with van der Waals surface area (Å²) in [6, 6.07) is 6.29. The average Bonchev–Trinajstić information content (AvgIpc) is 3.42. The monoisotopic (exact) mass is 555 g/mol. The number of nitrogens with zero attached hydrogens (tertiary/aromatic N) is 6. The molecular formula is C28H32F3N7O2. The molecule has 3 aliphatic heterocycles. The number of carbonyl (C=O) groups is 1. The van der Waals surface area contributed by atoms with Gasteiger partial charge in [-0.15, -0.1) is 10.2 Å². The summed E-state index contributed by atoms with van der Waals surface area (Å²) >= 11 is 0. The minimum Gasteiger partial charge on any atom is -0.384 e. The molecule has 2 N–H and O–H groups in total. The summed E-state index contributed by atoms with van der Waals surface area (Å²) in [5.74, 6) is 1.14. The summed E-state index contributed by atoms with van der Waals surface area (Å²) < 4.78 is 50.2. The van der Waals surface area contributed by atoms with Crippen molar-refractivity contribution in [1.29, 1.82) is 0 Å². The van der Waals surface area contributed by atoms with E-state index >= 15 is 0 Å². The van der Waals surface area contributed by atoms with E-state index in [9.17, 15) is 18.0 Å². The Balaban J connectivity index is 1.33. The van der Waals surface area contributed by atoms with Crippen LogP contribution >= 0.6 is 0 Å². The van der Waals surface area contributed by atoms with Gasteiger partial charge in [0.1, 0.15) is 23.8 Å². The van der Waals surface area contributed by atoms with Gasteiger partial charge in [-0.1, -0.05) is 6.92 Å². The molecule has 0 spiro atoms. The van der Waals surface area contributed by atoms with Gasteiger partial charge in [-0.3, -0.25) is 14.6 Å². The number of alkyl halides is 3. The molecule has 212 valence electrons. The Bertz CT molecular complexity index is 1450. The first-order valence-electron chi connectivity index (χ1n) is 13.5. The van der Waals surface area contributed by atoms with Crippen molar-refractivity contribution in [3.8, 4) is 0 Å². The second-order valence-electron chi connectivity index (χ2n) is 11.5. The van der Waals surface area contributed by atoms with E-state index in [4.69, 9.17) is 10.5 Å². The smallest absolute Gasteiger partial charge is 0.384 e. The zero-order chi connectivity index (χ0) is 28.2. The fraction of sp³-hybridized carbons (Fsp3) is 0.500. The van der Waals surface area contributed by atoms with Crippen LogP contribution in [0.1, 0.15) is 58.2 Å². The van der Waals surface area contributed by atoms with E-state index < -0.39 is 23.1 Å². The quantitative estimate of drug-likeness (QED) is 0.495. The Kier molecular flexibility index (Phi) is 6.57. The molecule has 1 atom stereocenters. The third kappa shape index (κ3) is 4.83. The van der Waals surface area contributed by atoms with Crippen LogP contribution in [-0.2, 0) is 42.9 Å². The first-order chi connectivity index (χ1) is 19.0. The normalized spacial score (nSPS) is 21.0. The van der Waals surface area contributed by atoms with Gasteiger partial charge in [0.2, 0.25) is 0 Å². The van der Waals surface area contributed by atoms with Crippen LogP contribution in [0, 0.1) is 5.92 Å². The van der Waals surface area contributed by atoms with Crippen molar-refractivity contribution in [1.82, 2.24) is 24.6 Å². The maximum atomic E-state index is 14.3. The molecular weight excluding hydrogens is 523 g/mol. The number of amides is 1. The van der Waals surface area contributed by atoms with Gasteiger partial charge in [-0.2, -0.15) is 13.2 Å². The van der Waals surface area contributed by atoms with E-state index in [0.29, 0.717) is 37.7 Å². The van der Waals surface area contributed by atoms with Crippen LogP contribution in [-0.4, -0.2) is 56.9 Å². The number of piperidine rings is 1. The van der Waals surface area contributed by atoms with Crippen LogP contribution in [0.15, 0.2) is 30.6 Å². The predicted octanol–water partition coefficient (Wildman–Crippen LogP) is 3.71. The van der Waals surface area contributed by atoms with Crippen molar-refractivity contribution in [2.45, 2.75) is 50.9 Å². The van der Waals surface area contributed by atoms with Crippen LogP contribution in [0.5, 0.6) is 0 Å². The summed E-state index contributed by atoms with van der Waals surface area (Å²) in [5, 5.41) is 8.14. The molecule has 1 amide bonds. The van der Waals surface area contributed by atoms with Gasteiger partial charge in [0, 0.05) is 37.5 Å². The van der Waals surface area contributed by atoms with Crippen LogP contribution in [0.4, 0.5) is 24.8 Å². The number of aryl methyl sites for hydroxylation is 1. The molecule has 9 nitrogen and oxygen atoms in total. The summed E-state index contributed by atoms with van der Waals surface area (Å²) in [4.78, 5) is 21.5. The number of nitrogen functional groups attached to an aromatic ring is 1. The fourth-order valence-electron chi connectivity index (χ4n) is 6.16. The zero-order valence-corrected chi connectivity index (χ0v) is 22.5. The van der Waals surface area contributed by atoms with E-state index in [1.54, 1.807) is 24.5 Å². The van der Waals surface area contributed by atoms with E-state index in [2.05, 4.69) is 27.0 Å². The maximum absolute atomic E-state index is 14.3. The molecule has 40 heavy (non-hydrogen) atoms. The Labute approximate surface area is 230 Å². The predicted molar refractivity (Wildman–Crippen MR) is 141 cm³/mol. The molecule has 2 fully saturated rings. The Morgan fingerprint density at radius 3 is 2.65 bits per heavy atom. The van der Waals surface area contributed by atoms with Crippen LogP contribution in [0.2, 0.25) is 0 Å². The molecule has 0 bridgehead atoms. The third-order valence-corrected chi connectivity index (χ3v) is 8.33. The molecule has 1 aromatic carbocycles. The molecule has 6 rings (SSSR count).